The number of carbonyl (C=O) groups excluding carboxylic acids is 1. The molecule has 32 heavy (non-hydrogen) atoms. The molecule has 1 heterocycles. The monoisotopic (exact) mass is 531 g/mol. The quantitative estimate of drug-likeness (QED) is 0.262. The Hall–Kier alpha value is -2.80. The number of aliphatic imine (C=N–C) groups is 1. The van der Waals surface area contributed by atoms with Crippen LogP contribution in [0.15, 0.2) is 75.8 Å². The van der Waals surface area contributed by atoms with Gasteiger partial charge in [-0.15, -0.1) is 0 Å². The summed E-state index contributed by atoms with van der Waals surface area (Å²) in [7, 11) is 1.56. The minimum atomic E-state index is -0.556. The van der Waals surface area contributed by atoms with Gasteiger partial charge in [-0.25, -0.2) is 9.79 Å². The lowest BCUT2D eigenvalue weighted by atomic mass is 10.1. The van der Waals surface area contributed by atoms with Crippen LogP contribution in [-0.4, -0.2) is 19.0 Å². The average Bonchev–Trinajstić information content (AvgIpc) is 3.14. The first-order valence-electron chi connectivity index (χ1n) is 9.46. The van der Waals surface area contributed by atoms with E-state index in [2.05, 4.69) is 20.9 Å². The Labute approximate surface area is 203 Å². The van der Waals surface area contributed by atoms with E-state index in [9.17, 15) is 4.79 Å². The van der Waals surface area contributed by atoms with Crippen molar-refractivity contribution in [2.24, 2.45) is 4.99 Å². The van der Waals surface area contributed by atoms with Crippen molar-refractivity contribution in [2.45, 2.75) is 6.61 Å². The average molecular weight is 533 g/mol. The van der Waals surface area contributed by atoms with Gasteiger partial charge in [0.15, 0.2) is 17.2 Å². The van der Waals surface area contributed by atoms with E-state index in [-0.39, 0.29) is 11.6 Å². The molecule has 8 heteroatoms. The van der Waals surface area contributed by atoms with E-state index < -0.39 is 5.97 Å². The third-order valence-corrected chi connectivity index (χ3v) is 5.79. The van der Waals surface area contributed by atoms with Crippen LogP contribution in [0.3, 0.4) is 0 Å². The van der Waals surface area contributed by atoms with Crippen molar-refractivity contribution in [1.82, 2.24) is 0 Å². The van der Waals surface area contributed by atoms with Gasteiger partial charge in [0.25, 0.3) is 0 Å². The van der Waals surface area contributed by atoms with E-state index in [0.29, 0.717) is 39.3 Å². The zero-order valence-corrected chi connectivity index (χ0v) is 19.9. The van der Waals surface area contributed by atoms with Gasteiger partial charge < -0.3 is 14.2 Å². The first-order chi connectivity index (χ1) is 15.4. The summed E-state index contributed by atoms with van der Waals surface area (Å²) < 4.78 is 17.6. The Morgan fingerprint density at radius 2 is 1.88 bits per heavy atom. The zero-order chi connectivity index (χ0) is 22.7. The highest BCUT2D eigenvalue weighted by molar-refractivity contribution is 9.10. The third-order valence-electron chi connectivity index (χ3n) is 4.56. The second-order valence-corrected chi connectivity index (χ2v) is 8.52. The van der Waals surface area contributed by atoms with Crippen molar-refractivity contribution in [3.8, 4) is 11.5 Å². The van der Waals surface area contributed by atoms with Gasteiger partial charge in [0.1, 0.15) is 6.61 Å². The summed E-state index contributed by atoms with van der Waals surface area (Å²) in [6.07, 6.45) is 1.62. The highest BCUT2D eigenvalue weighted by atomic mass is 79.9. The number of hydrogen-bond donors (Lipinski definition) is 0. The Kier molecular flexibility index (Phi) is 6.84. The van der Waals surface area contributed by atoms with E-state index in [1.54, 1.807) is 43.5 Å². The normalized spacial score (nSPS) is 14.3. The first-order valence-corrected chi connectivity index (χ1v) is 11.0. The Bertz CT molecular complexity index is 1260. The van der Waals surface area contributed by atoms with E-state index in [1.165, 1.54) is 0 Å². The number of halogens is 3. The van der Waals surface area contributed by atoms with Crippen molar-refractivity contribution in [3.05, 3.63) is 97.6 Å². The molecular formula is C24H16BrCl2NO4. The largest absolute Gasteiger partial charge is 0.493 e. The minimum Gasteiger partial charge on any atom is -0.493 e. The van der Waals surface area contributed by atoms with Crippen LogP contribution >= 0.6 is 39.1 Å². The highest BCUT2D eigenvalue weighted by Gasteiger charge is 2.24. The SMILES string of the molecule is COc1cc(/C=C2\N=C(c3ccc(Cl)c(Cl)c3)OC2=O)ccc1OCc1cccc(Br)c1. The molecule has 0 aliphatic carbocycles. The van der Waals surface area contributed by atoms with Gasteiger partial charge in [-0.05, 0) is 59.7 Å². The molecule has 0 N–H and O–H groups in total. The number of nitrogens with zero attached hydrogens (tertiary/aromatic N) is 1. The second-order valence-electron chi connectivity index (χ2n) is 6.79. The fraction of sp³-hybridized carbons (Fsp3) is 0.0833. The summed E-state index contributed by atoms with van der Waals surface area (Å²) in [5.74, 6) is 0.735. The zero-order valence-electron chi connectivity index (χ0n) is 16.8. The molecule has 1 aliphatic rings. The van der Waals surface area contributed by atoms with Crippen LogP contribution in [0.25, 0.3) is 6.08 Å². The third kappa shape index (κ3) is 5.15. The summed E-state index contributed by atoms with van der Waals surface area (Å²) in [6, 6.07) is 18.1. The number of methoxy groups -OCH3 is 1. The smallest absolute Gasteiger partial charge is 0.363 e. The molecule has 0 spiro atoms. The topological polar surface area (TPSA) is 57.1 Å². The number of hydrogen-bond acceptors (Lipinski definition) is 5. The van der Waals surface area contributed by atoms with Gasteiger partial charge in [0.05, 0.1) is 17.2 Å². The maximum Gasteiger partial charge on any atom is 0.363 e. The maximum atomic E-state index is 12.3. The molecule has 162 valence electrons. The fourth-order valence-corrected chi connectivity index (χ4v) is 3.75. The Morgan fingerprint density at radius 1 is 1.03 bits per heavy atom. The number of cyclic esters (lactones) is 1. The molecule has 0 unspecified atom stereocenters. The highest BCUT2D eigenvalue weighted by Crippen LogP contribution is 2.31. The predicted molar refractivity (Wildman–Crippen MR) is 129 cm³/mol. The number of esters is 1. The predicted octanol–water partition coefficient (Wildman–Crippen LogP) is 6.69. The van der Waals surface area contributed by atoms with Crippen molar-refractivity contribution in [3.63, 3.8) is 0 Å². The molecule has 0 saturated heterocycles. The lowest BCUT2D eigenvalue weighted by molar-refractivity contribution is -0.129. The van der Waals surface area contributed by atoms with Crippen molar-refractivity contribution >= 4 is 57.1 Å². The summed E-state index contributed by atoms with van der Waals surface area (Å²) in [4.78, 5) is 16.6. The molecule has 3 aromatic rings. The van der Waals surface area contributed by atoms with Crippen molar-refractivity contribution in [1.29, 1.82) is 0 Å². The summed E-state index contributed by atoms with van der Waals surface area (Å²) in [5.41, 5.74) is 2.45. The molecule has 3 aromatic carbocycles. The summed E-state index contributed by atoms with van der Waals surface area (Å²) in [6.45, 7) is 0.389. The van der Waals surface area contributed by atoms with Crippen LogP contribution in [0.1, 0.15) is 16.7 Å². The second kappa shape index (κ2) is 9.77. The van der Waals surface area contributed by atoms with Crippen LogP contribution in [0.5, 0.6) is 11.5 Å². The lowest BCUT2D eigenvalue weighted by Gasteiger charge is -2.11. The molecule has 0 amide bonds. The molecule has 5 nitrogen and oxygen atoms in total. The molecule has 0 bridgehead atoms. The number of ether oxygens (including phenoxy) is 3. The van der Waals surface area contributed by atoms with Crippen molar-refractivity contribution in [2.75, 3.05) is 7.11 Å². The number of rotatable bonds is 6. The fourth-order valence-electron chi connectivity index (χ4n) is 3.00. The van der Waals surface area contributed by atoms with Gasteiger partial charge in [-0.1, -0.05) is 57.3 Å². The molecule has 1 aliphatic heterocycles. The van der Waals surface area contributed by atoms with Crippen LogP contribution in [-0.2, 0) is 16.1 Å². The van der Waals surface area contributed by atoms with Gasteiger partial charge in [0, 0.05) is 10.0 Å². The molecule has 0 radical (unpaired) electrons. The maximum absolute atomic E-state index is 12.3. The van der Waals surface area contributed by atoms with E-state index >= 15 is 0 Å². The summed E-state index contributed by atoms with van der Waals surface area (Å²) >= 11 is 15.4. The Balaban J connectivity index is 1.54. The van der Waals surface area contributed by atoms with Gasteiger partial charge in [-0.2, -0.15) is 0 Å². The molecule has 0 fully saturated rings. The molecular weight excluding hydrogens is 517 g/mol. The molecule has 4 rings (SSSR count). The van der Waals surface area contributed by atoms with Gasteiger partial charge in [-0.3, -0.25) is 0 Å². The van der Waals surface area contributed by atoms with Crippen molar-refractivity contribution < 1.29 is 19.0 Å². The van der Waals surface area contributed by atoms with Gasteiger partial charge in [0.2, 0.25) is 5.90 Å². The van der Waals surface area contributed by atoms with Crippen LogP contribution in [0, 0.1) is 0 Å². The number of carbonyl (C=O) groups is 1. The van der Waals surface area contributed by atoms with Crippen LogP contribution in [0.4, 0.5) is 0 Å². The first kappa shape index (κ1) is 22.4. The summed E-state index contributed by atoms with van der Waals surface area (Å²) in [5, 5.41) is 0.758. The lowest BCUT2D eigenvalue weighted by Crippen LogP contribution is -2.05. The van der Waals surface area contributed by atoms with E-state index in [0.717, 1.165) is 10.0 Å². The van der Waals surface area contributed by atoms with Gasteiger partial charge >= 0.3 is 5.97 Å². The van der Waals surface area contributed by atoms with Crippen LogP contribution in [0.2, 0.25) is 10.0 Å². The number of benzene rings is 3. The van der Waals surface area contributed by atoms with E-state index in [1.807, 2.05) is 30.3 Å². The van der Waals surface area contributed by atoms with Crippen LogP contribution < -0.4 is 9.47 Å². The van der Waals surface area contributed by atoms with E-state index in [4.69, 9.17) is 37.4 Å². The minimum absolute atomic E-state index is 0.163. The standard InChI is InChI=1S/C24H16BrCl2NO4/c1-30-22-11-14(5-8-21(22)31-13-15-3-2-4-17(25)9-15)10-20-24(29)32-23(28-20)16-6-7-18(26)19(27)12-16/h2-12H,13H2,1H3/b20-10-. The molecule has 0 aromatic heterocycles. The molecule has 0 atom stereocenters. The Morgan fingerprint density at radius 3 is 2.62 bits per heavy atom. The molecule has 0 saturated carbocycles.